The molecule has 104 valence electrons. The van der Waals surface area contributed by atoms with E-state index in [-0.39, 0.29) is 0 Å². The Morgan fingerprint density at radius 2 is 1.60 bits per heavy atom. The van der Waals surface area contributed by atoms with Gasteiger partial charge in [0.15, 0.2) is 0 Å². The second-order valence-electron chi connectivity index (χ2n) is 5.47. The summed E-state index contributed by atoms with van der Waals surface area (Å²) in [5, 5.41) is 3.58. The highest BCUT2D eigenvalue weighted by atomic mass is 16.5. The minimum atomic E-state index is 0.466. The third-order valence-electron chi connectivity index (χ3n) is 4.08. The first-order valence-electron chi connectivity index (χ1n) is 7.25. The van der Waals surface area contributed by atoms with Gasteiger partial charge in [-0.2, -0.15) is 0 Å². The lowest BCUT2D eigenvalue weighted by molar-refractivity contribution is 0.0170. The zero-order valence-electron chi connectivity index (χ0n) is 11.9. The zero-order valence-corrected chi connectivity index (χ0v) is 11.9. The predicted octanol–water partition coefficient (Wildman–Crippen LogP) is 3.62. The number of nitrogens with one attached hydrogen (secondary N) is 1. The maximum absolute atomic E-state index is 5.29. The Kier molecular flexibility index (Phi) is 4.14. The van der Waals surface area contributed by atoms with Crippen molar-refractivity contribution < 1.29 is 4.74 Å². The third kappa shape index (κ3) is 3.09. The molecule has 1 fully saturated rings. The molecular formula is C18H21NO. The van der Waals surface area contributed by atoms with E-state index in [2.05, 4.69) is 53.8 Å². The average Bonchev–Trinajstić information content (AvgIpc) is 2.47. The van der Waals surface area contributed by atoms with Gasteiger partial charge in [0, 0.05) is 19.7 Å². The lowest BCUT2D eigenvalue weighted by atomic mass is 9.89. The van der Waals surface area contributed by atoms with Gasteiger partial charge in [-0.1, -0.05) is 54.6 Å². The van der Waals surface area contributed by atoms with Gasteiger partial charge in [0.2, 0.25) is 0 Å². The second kappa shape index (κ2) is 6.21. The van der Waals surface area contributed by atoms with Crippen LogP contribution in [-0.4, -0.2) is 19.3 Å². The summed E-state index contributed by atoms with van der Waals surface area (Å²) in [4.78, 5) is 0. The fraction of sp³-hybridized carbons (Fsp3) is 0.333. The van der Waals surface area contributed by atoms with Crippen LogP contribution in [0.1, 0.15) is 18.4 Å². The maximum atomic E-state index is 5.29. The van der Waals surface area contributed by atoms with Gasteiger partial charge < -0.3 is 10.1 Å². The minimum absolute atomic E-state index is 0.466. The van der Waals surface area contributed by atoms with Crippen LogP contribution in [0.25, 0.3) is 11.1 Å². The Morgan fingerprint density at radius 1 is 0.950 bits per heavy atom. The molecule has 2 heteroatoms. The number of rotatable bonds is 5. The minimum Gasteiger partial charge on any atom is -0.381 e. The van der Waals surface area contributed by atoms with Crippen molar-refractivity contribution in [3.63, 3.8) is 0 Å². The van der Waals surface area contributed by atoms with Crippen LogP contribution >= 0.6 is 0 Å². The van der Waals surface area contributed by atoms with Crippen LogP contribution in [0.2, 0.25) is 0 Å². The molecule has 0 amide bonds. The Hall–Kier alpha value is -1.64. The molecule has 0 spiro atoms. The summed E-state index contributed by atoms with van der Waals surface area (Å²) in [6.07, 6.45) is 2.74. The van der Waals surface area contributed by atoms with Crippen molar-refractivity contribution in [2.24, 2.45) is 0 Å². The fourth-order valence-electron chi connectivity index (χ4n) is 2.63. The second-order valence-corrected chi connectivity index (χ2v) is 5.47. The van der Waals surface area contributed by atoms with Crippen molar-refractivity contribution in [3.05, 3.63) is 60.2 Å². The average molecular weight is 267 g/mol. The van der Waals surface area contributed by atoms with Crippen LogP contribution in [-0.2, 0) is 11.3 Å². The highest BCUT2D eigenvalue weighted by Gasteiger charge is 2.28. The normalized spacial score (nSPS) is 21.4. The van der Waals surface area contributed by atoms with Crippen LogP contribution in [0, 0.1) is 0 Å². The third-order valence-corrected chi connectivity index (χ3v) is 4.08. The molecule has 1 aliphatic carbocycles. The molecule has 2 nitrogen and oxygen atoms in total. The molecule has 20 heavy (non-hydrogen) atoms. The summed E-state index contributed by atoms with van der Waals surface area (Å²) in [7, 11) is 1.79. The predicted molar refractivity (Wildman–Crippen MR) is 82.5 cm³/mol. The molecule has 0 radical (unpaired) electrons. The summed E-state index contributed by atoms with van der Waals surface area (Å²) < 4.78 is 5.29. The maximum Gasteiger partial charge on any atom is 0.0601 e. The van der Waals surface area contributed by atoms with Crippen LogP contribution in [0.5, 0.6) is 0 Å². The van der Waals surface area contributed by atoms with E-state index in [9.17, 15) is 0 Å². The molecule has 0 aromatic heterocycles. The van der Waals surface area contributed by atoms with E-state index in [1.165, 1.54) is 16.7 Å². The first kappa shape index (κ1) is 13.3. The summed E-state index contributed by atoms with van der Waals surface area (Å²) in [5.74, 6) is 0. The van der Waals surface area contributed by atoms with Gasteiger partial charge in [-0.15, -0.1) is 0 Å². The van der Waals surface area contributed by atoms with Crippen molar-refractivity contribution in [1.29, 1.82) is 0 Å². The fourth-order valence-corrected chi connectivity index (χ4v) is 2.63. The highest BCUT2D eigenvalue weighted by molar-refractivity contribution is 5.63. The molecule has 0 atom stereocenters. The van der Waals surface area contributed by atoms with E-state index < -0.39 is 0 Å². The van der Waals surface area contributed by atoms with E-state index in [0.717, 1.165) is 19.4 Å². The summed E-state index contributed by atoms with van der Waals surface area (Å²) in [5.41, 5.74) is 3.89. The van der Waals surface area contributed by atoms with Crippen molar-refractivity contribution in [2.75, 3.05) is 7.11 Å². The van der Waals surface area contributed by atoms with Crippen LogP contribution in [0.4, 0.5) is 0 Å². The summed E-state index contributed by atoms with van der Waals surface area (Å²) >= 11 is 0. The molecule has 2 aromatic rings. The van der Waals surface area contributed by atoms with E-state index in [4.69, 9.17) is 4.74 Å². The molecule has 0 aliphatic heterocycles. The first-order valence-corrected chi connectivity index (χ1v) is 7.25. The Labute approximate surface area is 120 Å². The number of methoxy groups -OCH3 is 1. The Morgan fingerprint density at radius 3 is 2.25 bits per heavy atom. The Balaban J connectivity index is 1.54. The summed E-state index contributed by atoms with van der Waals surface area (Å²) in [6, 6.07) is 19.9. The van der Waals surface area contributed by atoms with Crippen molar-refractivity contribution in [1.82, 2.24) is 5.32 Å². The van der Waals surface area contributed by atoms with Gasteiger partial charge in [-0.05, 0) is 29.5 Å². The Bertz CT molecular complexity index is 529. The molecule has 1 aliphatic rings. The molecule has 0 bridgehead atoms. The smallest absolute Gasteiger partial charge is 0.0601 e. The van der Waals surface area contributed by atoms with Crippen molar-refractivity contribution in [2.45, 2.75) is 31.5 Å². The molecule has 0 saturated heterocycles. The van der Waals surface area contributed by atoms with Crippen molar-refractivity contribution >= 4 is 0 Å². The topological polar surface area (TPSA) is 21.3 Å². The van der Waals surface area contributed by atoms with Gasteiger partial charge in [-0.25, -0.2) is 0 Å². The number of hydrogen-bond acceptors (Lipinski definition) is 2. The van der Waals surface area contributed by atoms with Gasteiger partial charge in [-0.3, -0.25) is 0 Å². The lowest BCUT2D eigenvalue weighted by Gasteiger charge is -2.34. The number of hydrogen-bond donors (Lipinski definition) is 1. The molecule has 3 rings (SSSR count). The quantitative estimate of drug-likeness (QED) is 0.893. The van der Waals surface area contributed by atoms with E-state index in [0.29, 0.717) is 12.1 Å². The van der Waals surface area contributed by atoms with E-state index in [1.54, 1.807) is 7.11 Å². The van der Waals surface area contributed by atoms with Crippen LogP contribution in [0.15, 0.2) is 54.6 Å². The monoisotopic (exact) mass is 267 g/mol. The van der Waals surface area contributed by atoms with Crippen molar-refractivity contribution in [3.8, 4) is 11.1 Å². The largest absolute Gasteiger partial charge is 0.381 e. The molecule has 0 unspecified atom stereocenters. The van der Waals surface area contributed by atoms with Crippen LogP contribution in [0.3, 0.4) is 0 Å². The van der Waals surface area contributed by atoms with Gasteiger partial charge in [0.05, 0.1) is 6.10 Å². The highest BCUT2D eigenvalue weighted by Crippen LogP contribution is 2.23. The SMILES string of the molecule is COC1CC(NCc2ccc(-c3ccccc3)cc2)C1. The summed E-state index contributed by atoms with van der Waals surface area (Å²) in [6.45, 7) is 0.941. The zero-order chi connectivity index (χ0) is 13.8. The van der Waals surface area contributed by atoms with Gasteiger partial charge in [0.25, 0.3) is 0 Å². The van der Waals surface area contributed by atoms with Gasteiger partial charge >= 0.3 is 0 Å². The standard InChI is InChI=1S/C18H21NO/c1-20-18-11-17(12-18)19-13-14-7-9-16(10-8-14)15-5-3-2-4-6-15/h2-10,17-19H,11-13H2,1H3. The van der Waals surface area contributed by atoms with Gasteiger partial charge in [0.1, 0.15) is 0 Å². The molecule has 1 saturated carbocycles. The molecule has 1 N–H and O–H groups in total. The van der Waals surface area contributed by atoms with E-state index >= 15 is 0 Å². The van der Waals surface area contributed by atoms with Crippen LogP contribution < -0.4 is 5.32 Å². The molecular weight excluding hydrogens is 246 g/mol. The number of ether oxygens (including phenoxy) is 1. The number of benzene rings is 2. The molecule has 0 heterocycles. The van der Waals surface area contributed by atoms with E-state index in [1.807, 2.05) is 6.07 Å². The first-order chi connectivity index (χ1) is 9.85. The lowest BCUT2D eigenvalue weighted by Crippen LogP contribution is -2.44. The molecule has 2 aromatic carbocycles.